The molecule has 5 aromatic rings. The van der Waals surface area contributed by atoms with E-state index in [4.69, 9.17) is 19.7 Å². The standard InChI is InChI=1S/C37H28N4O/c1-42-31-25-15-14-24-30(31)33-32(26-16-6-2-7-17-26)38-35(39-33)36-40-34(27-18-8-3-9-19-27)37(41-36,28-20-10-4-11-21-28)29-22-12-5-13-23-29/h2-25,41H,1H3. The number of benzene rings is 5. The van der Waals surface area contributed by atoms with Gasteiger partial charge in [-0.25, -0.2) is 15.0 Å². The topological polar surface area (TPSA) is 58.3 Å². The summed E-state index contributed by atoms with van der Waals surface area (Å²) in [6.45, 7) is 0. The summed E-state index contributed by atoms with van der Waals surface area (Å²) >= 11 is 0. The number of methoxy groups -OCH3 is 1. The van der Waals surface area contributed by atoms with Gasteiger partial charge in [0.05, 0.1) is 18.5 Å². The van der Waals surface area contributed by atoms with Crippen molar-refractivity contribution in [2.24, 2.45) is 15.0 Å². The average Bonchev–Trinajstić information content (AvgIpc) is 3.70. The highest BCUT2D eigenvalue weighted by atomic mass is 16.5. The van der Waals surface area contributed by atoms with Crippen molar-refractivity contribution in [1.82, 2.24) is 5.32 Å². The van der Waals surface area contributed by atoms with Gasteiger partial charge in [0.25, 0.3) is 0 Å². The van der Waals surface area contributed by atoms with Crippen LogP contribution in [0.4, 0.5) is 0 Å². The van der Waals surface area contributed by atoms with Crippen LogP contribution >= 0.6 is 0 Å². The monoisotopic (exact) mass is 544 g/mol. The number of hydrogen-bond donors (Lipinski definition) is 1. The van der Waals surface area contributed by atoms with Gasteiger partial charge in [0.1, 0.15) is 17.0 Å². The highest BCUT2D eigenvalue weighted by molar-refractivity contribution is 6.55. The first-order valence-corrected chi connectivity index (χ1v) is 13.9. The summed E-state index contributed by atoms with van der Waals surface area (Å²) in [5, 5.41) is 3.83. The Kier molecular flexibility index (Phi) is 6.53. The van der Waals surface area contributed by atoms with Gasteiger partial charge in [-0.2, -0.15) is 0 Å². The van der Waals surface area contributed by atoms with Crippen LogP contribution in [-0.2, 0) is 5.54 Å². The molecule has 0 radical (unpaired) electrons. The number of para-hydroxylation sites is 1. The van der Waals surface area contributed by atoms with Crippen LogP contribution < -0.4 is 10.1 Å². The molecule has 42 heavy (non-hydrogen) atoms. The highest BCUT2D eigenvalue weighted by Gasteiger charge is 2.46. The van der Waals surface area contributed by atoms with E-state index in [0.29, 0.717) is 11.6 Å². The average molecular weight is 545 g/mol. The minimum absolute atomic E-state index is 0.525. The van der Waals surface area contributed by atoms with Crippen molar-refractivity contribution < 1.29 is 4.74 Å². The molecule has 5 heteroatoms. The third-order valence-electron chi connectivity index (χ3n) is 7.63. The van der Waals surface area contributed by atoms with E-state index in [2.05, 4.69) is 78.1 Å². The maximum atomic E-state index is 5.73. The third-order valence-corrected chi connectivity index (χ3v) is 7.63. The van der Waals surface area contributed by atoms with Gasteiger partial charge < -0.3 is 10.1 Å². The van der Waals surface area contributed by atoms with Crippen LogP contribution in [0, 0.1) is 0 Å². The van der Waals surface area contributed by atoms with Gasteiger partial charge in [0.2, 0.25) is 0 Å². The lowest BCUT2D eigenvalue weighted by molar-refractivity contribution is 0.414. The van der Waals surface area contributed by atoms with E-state index in [-0.39, 0.29) is 0 Å². The number of nitrogens with zero attached hydrogens (tertiary/aromatic N) is 3. The van der Waals surface area contributed by atoms with E-state index in [0.717, 1.165) is 50.7 Å². The lowest BCUT2D eigenvalue weighted by Gasteiger charge is -2.33. The summed E-state index contributed by atoms with van der Waals surface area (Å²) in [4.78, 5) is 15.5. The maximum absolute atomic E-state index is 5.73. The molecule has 2 aliphatic rings. The van der Waals surface area contributed by atoms with Crippen LogP contribution in [0.15, 0.2) is 172 Å². The van der Waals surface area contributed by atoms with Crippen LogP contribution in [0.1, 0.15) is 27.8 Å². The number of aliphatic imine (C=N–C) groups is 3. The van der Waals surface area contributed by atoms with Gasteiger partial charge in [-0.3, -0.25) is 0 Å². The fourth-order valence-corrected chi connectivity index (χ4v) is 5.68. The van der Waals surface area contributed by atoms with E-state index < -0.39 is 5.54 Å². The molecule has 7 rings (SSSR count). The number of rotatable bonds is 6. The first-order chi connectivity index (χ1) is 20.8. The lowest BCUT2D eigenvalue weighted by Crippen LogP contribution is -2.45. The van der Waals surface area contributed by atoms with Crippen molar-refractivity contribution in [3.8, 4) is 5.75 Å². The number of nitrogens with one attached hydrogen (secondary N) is 1. The van der Waals surface area contributed by atoms with E-state index >= 15 is 0 Å². The maximum Gasteiger partial charge on any atom is 0.196 e. The molecule has 0 fully saturated rings. The van der Waals surface area contributed by atoms with Crippen LogP contribution in [0.2, 0.25) is 0 Å². The first kappa shape index (κ1) is 25.4. The van der Waals surface area contributed by atoms with E-state index in [1.165, 1.54) is 0 Å². The molecular formula is C37H28N4O. The van der Waals surface area contributed by atoms with Crippen molar-refractivity contribution >= 4 is 17.1 Å². The van der Waals surface area contributed by atoms with Crippen molar-refractivity contribution in [1.29, 1.82) is 0 Å². The Labute approximate surface area is 245 Å². The Morgan fingerprint density at radius 2 is 1.02 bits per heavy atom. The van der Waals surface area contributed by atoms with E-state index in [1.54, 1.807) is 7.11 Å². The smallest absolute Gasteiger partial charge is 0.196 e. The minimum Gasteiger partial charge on any atom is -0.496 e. The fourth-order valence-electron chi connectivity index (χ4n) is 5.68. The Morgan fingerprint density at radius 3 is 1.62 bits per heavy atom. The van der Waals surface area contributed by atoms with Gasteiger partial charge >= 0.3 is 0 Å². The molecule has 5 nitrogen and oxygen atoms in total. The fraction of sp³-hybridized carbons (Fsp3) is 0.0541. The quantitative estimate of drug-likeness (QED) is 0.247. The minimum atomic E-state index is -0.753. The van der Waals surface area contributed by atoms with Crippen molar-refractivity contribution in [2.75, 3.05) is 7.11 Å². The summed E-state index contributed by atoms with van der Waals surface area (Å²) in [6, 6.07) is 49.2. The first-order valence-electron chi connectivity index (χ1n) is 13.9. The van der Waals surface area contributed by atoms with Crippen LogP contribution in [0.5, 0.6) is 5.75 Å². The highest BCUT2D eigenvalue weighted by Crippen LogP contribution is 2.41. The molecule has 0 atom stereocenters. The molecule has 0 spiro atoms. The zero-order valence-corrected chi connectivity index (χ0v) is 23.1. The molecule has 0 amide bonds. The largest absolute Gasteiger partial charge is 0.496 e. The molecular weight excluding hydrogens is 516 g/mol. The Bertz CT molecular complexity index is 1820. The van der Waals surface area contributed by atoms with Crippen LogP contribution in [0.3, 0.4) is 0 Å². The van der Waals surface area contributed by atoms with Crippen LogP contribution in [0.25, 0.3) is 0 Å². The van der Waals surface area contributed by atoms with Gasteiger partial charge in [0.15, 0.2) is 11.6 Å². The van der Waals surface area contributed by atoms with Gasteiger partial charge in [0, 0.05) is 11.1 Å². The predicted molar refractivity (Wildman–Crippen MR) is 169 cm³/mol. The molecule has 0 unspecified atom stereocenters. The normalized spacial score (nSPS) is 17.2. The molecule has 5 aromatic carbocycles. The Balaban J connectivity index is 1.49. The molecule has 2 aliphatic heterocycles. The second-order valence-electron chi connectivity index (χ2n) is 10.1. The molecule has 1 N–H and O–H groups in total. The van der Waals surface area contributed by atoms with Crippen molar-refractivity contribution in [3.05, 3.63) is 185 Å². The Hall–Kier alpha value is -5.55. The summed E-state index contributed by atoms with van der Waals surface area (Å²) in [6.07, 6.45) is 0. The summed E-state index contributed by atoms with van der Waals surface area (Å²) in [5.41, 5.74) is 6.68. The predicted octanol–water partition coefficient (Wildman–Crippen LogP) is 7.15. The second-order valence-corrected chi connectivity index (χ2v) is 10.1. The summed E-state index contributed by atoms with van der Waals surface area (Å²) in [7, 11) is 1.68. The van der Waals surface area contributed by atoms with E-state index in [1.807, 2.05) is 72.8 Å². The molecule has 0 saturated heterocycles. The Morgan fingerprint density at radius 1 is 0.524 bits per heavy atom. The zero-order valence-electron chi connectivity index (χ0n) is 23.1. The van der Waals surface area contributed by atoms with Crippen LogP contribution in [-0.4, -0.2) is 24.2 Å². The molecule has 0 bridgehead atoms. The zero-order chi connectivity index (χ0) is 28.4. The number of ether oxygens (including phenoxy) is 1. The molecule has 2 heterocycles. The lowest BCUT2D eigenvalue weighted by atomic mass is 9.77. The molecule has 0 aliphatic carbocycles. The number of hydrogen-bond acceptors (Lipinski definition) is 5. The second kappa shape index (κ2) is 10.8. The van der Waals surface area contributed by atoms with Gasteiger partial charge in [-0.15, -0.1) is 0 Å². The van der Waals surface area contributed by atoms with Gasteiger partial charge in [-0.05, 0) is 28.8 Å². The molecule has 0 saturated carbocycles. The summed E-state index contributed by atoms with van der Waals surface area (Å²) < 4.78 is 5.73. The third kappa shape index (κ3) is 4.32. The van der Waals surface area contributed by atoms with E-state index in [9.17, 15) is 0 Å². The molecule has 0 aromatic heterocycles. The van der Waals surface area contributed by atoms with Crippen molar-refractivity contribution in [3.63, 3.8) is 0 Å². The van der Waals surface area contributed by atoms with Gasteiger partial charge in [-0.1, -0.05) is 133 Å². The molecule has 202 valence electrons. The SMILES string of the molecule is COc1ccccc1C1=NC(=C2N=C(c3ccccc3)C(c3ccccc3)(c3ccccc3)N2)N=C1c1ccccc1. The summed E-state index contributed by atoms with van der Waals surface area (Å²) in [5.74, 6) is 1.87. The van der Waals surface area contributed by atoms with Crippen molar-refractivity contribution in [2.45, 2.75) is 5.54 Å².